The minimum absolute atomic E-state index is 0.142. The van der Waals surface area contributed by atoms with E-state index in [1.807, 2.05) is 24.3 Å². The Kier molecular flexibility index (Phi) is 6.83. The van der Waals surface area contributed by atoms with Gasteiger partial charge in [-0.15, -0.1) is 0 Å². The van der Waals surface area contributed by atoms with Gasteiger partial charge < -0.3 is 15.2 Å². The van der Waals surface area contributed by atoms with E-state index in [-0.39, 0.29) is 18.7 Å². The molecule has 1 unspecified atom stereocenters. The summed E-state index contributed by atoms with van der Waals surface area (Å²) in [4.78, 5) is 23.3. The van der Waals surface area contributed by atoms with Crippen molar-refractivity contribution in [3.05, 3.63) is 64.7 Å². The van der Waals surface area contributed by atoms with Gasteiger partial charge >= 0.3 is 5.97 Å². The minimum atomic E-state index is -0.955. The number of carbonyl (C=O) groups excluding carboxylic acids is 1. The average Bonchev–Trinajstić information content (AvgIpc) is 2.57. The summed E-state index contributed by atoms with van der Waals surface area (Å²) in [6.45, 7) is 0. The van der Waals surface area contributed by atoms with Crippen molar-refractivity contribution in [1.29, 1.82) is 0 Å². The van der Waals surface area contributed by atoms with E-state index in [2.05, 4.69) is 5.32 Å². The first-order valence-electron chi connectivity index (χ1n) is 7.85. The second kappa shape index (κ2) is 9.08. The maximum Gasteiger partial charge on any atom is 0.305 e. The molecule has 132 valence electrons. The van der Waals surface area contributed by atoms with Crippen molar-refractivity contribution in [2.24, 2.45) is 0 Å². The van der Waals surface area contributed by atoms with Gasteiger partial charge in [-0.3, -0.25) is 9.59 Å². The van der Waals surface area contributed by atoms with Crippen molar-refractivity contribution in [1.82, 2.24) is 5.32 Å². The van der Waals surface area contributed by atoms with Gasteiger partial charge in [0.25, 0.3) is 0 Å². The molecule has 0 aliphatic heterocycles. The molecule has 2 rings (SSSR count). The van der Waals surface area contributed by atoms with Gasteiger partial charge in [-0.25, -0.2) is 0 Å². The molecule has 1 amide bonds. The molecule has 0 aliphatic carbocycles. The normalized spacial score (nSPS) is 11.6. The van der Waals surface area contributed by atoms with Gasteiger partial charge in [0.1, 0.15) is 5.75 Å². The molecule has 0 saturated carbocycles. The fourth-order valence-corrected chi connectivity index (χ4v) is 2.62. The van der Waals surface area contributed by atoms with Gasteiger partial charge in [0.2, 0.25) is 5.91 Å². The third-order valence-corrected chi connectivity index (χ3v) is 3.96. The van der Waals surface area contributed by atoms with Crippen LogP contribution in [0.4, 0.5) is 0 Å². The first kappa shape index (κ1) is 18.8. The number of ether oxygens (including phenoxy) is 1. The highest BCUT2D eigenvalue weighted by molar-refractivity contribution is 6.30. The molecule has 25 heavy (non-hydrogen) atoms. The number of rotatable bonds is 8. The Bertz CT molecular complexity index is 713. The molecule has 2 aromatic rings. The molecular weight excluding hydrogens is 342 g/mol. The van der Waals surface area contributed by atoms with Crippen molar-refractivity contribution in [2.75, 3.05) is 7.11 Å². The highest BCUT2D eigenvalue weighted by Gasteiger charge is 2.17. The van der Waals surface area contributed by atoms with E-state index >= 15 is 0 Å². The lowest BCUT2D eigenvalue weighted by Crippen LogP contribution is -2.38. The van der Waals surface area contributed by atoms with Gasteiger partial charge in [-0.1, -0.05) is 35.9 Å². The standard InChI is InChI=1S/C19H20ClNO4/c1-25-17-8-4-14(5-9-17)11-18(22)21-16(12-19(23)24)10-13-2-6-15(20)7-3-13/h2-9,16H,10-12H2,1H3,(H,21,22)(H,23,24). The number of amides is 1. The maximum atomic E-state index is 12.2. The Morgan fingerprint density at radius 3 is 2.24 bits per heavy atom. The zero-order valence-corrected chi connectivity index (χ0v) is 14.6. The van der Waals surface area contributed by atoms with Gasteiger partial charge in [-0.05, 0) is 41.8 Å². The molecule has 0 spiro atoms. The number of methoxy groups -OCH3 is 1. The van der Waals surface area contributed by atoms with E-state index < -0.39 is 12.0 Å². The van der Waals surface area contributed by atoms with Crippen molar-refractivity contribution in [3.8, 4) is 5.75 Å². The topological polar surface area (TPSA) is 75.6 Å². The van der Waals surface area contributed by atoms with Crippen LogP contribution in [0.5, 0.6) is 5.75 Å². The van der Waals surface area contributed by atoms with Crippen LogP contribution < -0.4 is 10.1 Å². The number of carboxylic acid groups (broad SMARTS) is 1. The number of benzene rings is 2. The zero-order valence-electron chi connectivity index (χ0n) is 13.9. The van der Waals surface area contributed by atoms with Crippen LogP contribution in [0.3, 0.4) is 0 Å². The number of nitrogens with one attached hydrogen (secondary N) is 1. The van der Waals surface area contributed by atoms with Gasteiger partial charge in [-0.2, -0.15) is 0 Å². The average molecular weight is 362 g/mol. The van der Waals surface area contributed by atoms with Gasteiger partial charge in [0, 0.05) is 11.1 Å². The summed E-state index contributed by atoms with van der Waals surface area (Å²) < 4.78 is 5.08. The molecule has 5 nitrogen and oxygen atoms in total. The van der Waals surface area contributed by atoms with E-state index in [0.29, 0.717) is 11.4 Å². The van der Waals surface area contributed by atoms with E-state index in [4.69, 9.17) is 21.4 Å². The second-order valence-corrected chi connectivity index (χ2v) is 6.15. The Morgan fingerprint density at radius 2 is 1.68 bits per heavy atom. The number of carbonyl (C=O) groups is 2. The van der Waals surface area contributed by atoms with Crippen LogP contribution in [-0.4, -0.2) is 30.1 Å². The van der Waals surface area contributed by atoms with E-state index in [1.54, 1.807) is 31.4 Å². The van der Waals surface area contributed by atoms with Crippen LogP contribution >= 0.6 is 11.6 Å². The highest BCUT2D eigenvalue weighted by atomic mass is 35.5. The highest BCUT2D eigenvalue weighted by Crippen LogP contribution is 2.14. The summed E-state index contributed by atoms with van der Waals surface area (Å²) in [7, 11) is 1.58. The lowest BCUT2D eigenvalue weighted by Gasteiger charge is -2.17. The molecule has 0 saturated heterocycles. The SMILES string of the molecule is COc1ccc(CC(=O)NC(CC(=O)O)Cc2ccc(Cl)cc2)cc1. The minimum Gasteiger partial charge on any atom is -0.497 e. The fraction of sp³-hybridized carbons (Fsp3) is 0.263. The molecular formula is C19H20ClNO4. The third kappa shape index (κ3) is 6.47. The lowest BCUT2D eigenvalue weighted by atomic mass is 10.0. The predicted octanol–water partition coefficient (Wildman–Crippen LogP) is 3.09. The Hall–Kier alpha value is -2.53. The van der Waals surface area contributed by atoms with Crippen molar-refractivity contribution in [2.45, 2.75) is 25.3 Å². The molecule has 0 aliphatic rings. The summed E-state index contributed by atoms with van der Waals surface area (Å²) in [5, 5.41) is 12.5. The molecule has 2 N–H and O–H groups in total. The number of hydrogen-bond donors (Lipinski definition) is 2. The Balaban J connectivity index is 1.98. The van der Waals surface area contributed by atoms with E-state index in [0.717, 1.165) is 16.9 Å². The maximum absolute atomic E-state index is 12.2. The van der Waals surface area contributed by atoms with Crippen molar-refractivity contribution >= 4 is 23.5 Å². The van der Waals surface area contributed by atoms with Crippen LogP contribution in [0.15, 0.2) is 48.5 Å². The van der Waals surface area contributed by atoms with Crippen LogP contribution in [0.2, 0.25) is 5.02 Å². The van der Waals surface area contributed by atoms with Crippen molar-refractivity contribution < 1.29 is 19.4 Å². The first-order valence-corrected chi connectivity index (χ1v) is 8.22. The van der Waals surface area contributed by atoms with Gasteiger partial charge in [0.05, 0.1) is 20.0 Å². The predicted molar refractivity (Wildman–Crippen MR) is 96.0 cm³/mol. The monoisotopic (exact) mass is 361 g/mol. The number of aliphatic carboxylic acids is 1. The fourth-order valence-electron chi connectivity index (χ4n) is 2.50. The molecule has 0 heterocycles. The van der Waals surface area contributed by atoms with Crippen molar-refractivity contribution in [3.63, 3.8) is 0 Å². The quantitative estimate of drug-likeness (QED) is 0.757. The Morgan fingerprint density at radius 1 is 1.08 bits per heavy atom. The summed E-state index contributed by atoms with van der Waals surface area (Å²) in [6, 6.07) is 13.8. The van der Waals surface area contributed by atoms with Crippen LogP contribution in [0.1, 0.15) is 17.5 Å². The number of carboxylic acids is 1. The molecule has 2 aromatic carbocycles. The summed E-state index contributed by atoms with van der Waals surface area (Å²) in [5.41, 5.74) is 1.75. The van der Waals surface area contributed by atoms with E-state index in [1.165, 1.54) is 0 Å². The number of halogens is 1. The molecule has 0 aromatic heterocycles. The second-order valence-electron chi connectivity index (χ2n) is 5.72. The smallest absolute Gasteiger partial charge is 0.305 e. The molecule has 0 fully saturated rings. The van der Waals surface area contributed by atoms with E-state index in [9.17, 15) is 9.59 Å². The molecule has 1 atom stereocenters. The molecule has 0 radical (unpaired) electrons. The lowest BCUT2D eigenvalue weighted by molar-refractivity contribution is -0.137. The molecule has 0 bridgehead atoms. The van der Waals surface area contributed by atoms with Crippen LogP contribution in [-0.2, 0) is 22.4 Å². The molecule has 6 heteroatoms. The Labute approximate surface area is 151 Å². The zero-order chi connectivity index (χ0) is 18.2. The number of hydrogen-bond acceptors (Lipinski definition) is 3. The van der Waals surface area contributed by atoms with Gasteiger partial charge in [0.15, 0.2) is 0 Å². The summed E-state index contributed by atoms with van der Waals surface area (Å²) in [6.07, 6.45) is 0.468. The summed E-state index contributed by atoms with van der Waals surface area (Å²) in [5.74, 6) is -0.454. The van der Waals surface area contributed by atoms with Crippen LogP contribution in [0.25, 0.3) is 0 Å². The third-order valence-electron chi connectivity index (χ3n) is 3.71. The van der Waals surface area contributed by atoms with Crippen LogP contribution in [0, 0.1) is 0 Å². The summed E-state index contributed by atoms with van der Waals surface area (Å²) >= 11 is 5.86. The first-order chi connectivity index (χ1) is 12.0. The largest absolute Gasteiger partial charge is 0.497 e.